The van der Waals surface area contributed by atoms with Crippen LogP contribution in [0.2, 0.25) is 0 Å². The van der Waals surface area contributed by atoms with E-state index in [1.54, 1.807) is 22.5 Å². The Labute approximate surface area is 114 Å². The molecule has 2 heterocycles. The van der Waals surface area contributed by atoms with Gasteiger partial charge in [-0.1, -0.05) is 0 Å². The third-order valence-electron chi connectivity index (χ3n) is 3.13. The molecule has 1 aliphatic heterocycles. The van der Waals surface area contributed by atoms with Gasteiger partial charge in [0.1, 0.15) is 6.17 Å². The highest BCUT2D eigenvalue weighted by Gasteiger charge is 2.33. The standard InChI is InChI=1S/C12H18N2O2S2/c1-8-4-5-10(17-8)12-13-6-11(15)14(12)7-9(2)18(3)16/h4-5,9,12-13H,6-7H2,1-3H3. The van der Waals surface area contributed by atoms with Gasteiger partial charge in [-0.15, -0.1) is 11.3 Å². The van der Waals surface area contributed by atoms with E-state index in [-0.39, 0.29) is 17.3 Å². The summed E-state index contributed by atoms with van der Waals surface area (Å²) in [4.78, 5) is 16.1. The number of carbonyl (C=O) groups excluding carboxylic acids is 1. The number of carbonyl (C=O) groups is 1. The van der Waals surface area contributed by atoms with Crippen LogP contribution < -0.4 is 5.32 Å². The van der Waals surface area contributed by atoms with Crippen LogP contribution in [-0.4, -0.2) is 39.6 Å². The minimum absolute atomic E-state index is 0.00240. The molecule has 6 heteroatoms. The monoisotopic (exact) mass is 286 g/mol. The van der Waals surface area contributed by atoms with Gasteiger partial charge in [-0.05, 0) is 26.0 Å². The Morgan fingerprint density at radius 2 is 2.33 bits per heavy atom. The van der Waals surface area contributed by atoms with E-state index in [2.05, 4.69) is 24.4 Å². The van der Waals surface area contributed by atoms with Crippen LogP contribution in [0, 0.1) is 6.92 Å². The highest BCUT2D eigenvalue weighted by Crippen LogP contribution is 2.28. The van der Waals surface area contributed by atoms with Gasteiger partial charge in [0.2, 0.25) is 5.91 Å². The molecule has 18 heavy (non-hydrogen) atoms. The first-order valence-corrected chi connectivity index (χ1v) is 8.34. The fourth-order valence-electron chi connectivity index (χ4n) is 1.98. The van der Waals surface area contributed by atoms with Crippen LogP contribution >= 0.6 is 11.3 Å². The molecule has 0 spiro atoms. The van der Waals surface area contributed by atoms with Gasteiger partial charge in [0.05, 0.1) is 6.54 Å². The van der Waals surface area contributed by atoms with E-state index in [0.717, 1.165) is 4.88 Å². The lowest BCUT2D eigenvalue weighted by atomic mass is 10.3. The summed E-state index contributed by atoms with van der Waals surface area (Å²) < 4.78 is 11.4. The largest absolute Gasteiger partial charge is 0.320 e. The molecule has 100 valence electrons. The lowest BCUT2D eigenvalue weighted by Crippen LogP contribution is -2.36. The predicted molar refractivity (Wildman–Crippen MR) is 75.0 cm³/mol. The van der Waals surface area contributed by atoms with Crippen molar-refractivity contribution in [1.29, 1.82) is 0 Å². The molecule has 1 N–H and O–H groups in total. The van der Waals surface area contributed by atoms with Crippen LogP contribution in [0.15, 0.2) is 12.1 Å². The molecule has 1 amide bonds. The fraction of sp³-hybridized carbons (Fsp3) is 0.583. The molecular formula is C12H18N2O2S2. The molecule has 1 saturated heterocycles. The number of nitrogens with zero attached hydrogens (tertiary/aromatic N) is 1. The van der Waals surface area contributed by atoms with Gasteiger partial charge in [-0.25, -0.2) is 0 Å². The van der Waals surface area contributed by atoms with Crippen LogP contribution in [-0.2, 0) is 15.6 Å². The van der Waals surface area contributed by atoms with Gasteiger partial charge in [-0.2, -0.15) is 0 Å². The smallest absolute Gasteiger partial charge is 0.238 e. The van der Waals surface area contributed by atoms with Crippen molar-refractivity contribution in [3.05, 3.63) is 21.9 Å². The maximum atomic E-state index is 11.9. The molecule has 4 nitrogen and oxygen atoms in total. The Morgan fingerprint density at radius 3 is 2.89 bits per heavy atom. The van der Waals surface area contributed by atoms with E-state index >= 15 is 0 Å². The summed E-state index contributed by atoms with van der Waals surface area (Å²) in [6.07, 6.45) is 1.63. The lowest BCUT2D eigenvalue weighted by Gasteiger charge is -2.25. The van der Waals surface area contributed by atoms with Gasteiger partial charge in [0.15, 0.2) is 0 Å². The zero-order valence-electron chi connectivity index (χ0n) is 10.8. The fourth-order valence-corrected chi connectivity index (χ4v) is 3.32. The third kappa shape index (κ3) is 2.81. The molecule has 0 radical (unpaired) electrons. The van der Waals surface area contributed by atoms with Crippen LogP contribution in [0.25, 0.3) is 0 Å². The summed E-state index contributed by atoms with van der Waals surface area (Å²) in [5.74, 6) is 0.0864. The predicted octanol–water partition coefficient (Wildman–Crippen LogP) is 1.25. The van der Waals surface area contributed by atoms with Crippen LogP contribution in [0.3, 0.4) is 0 Å². The maximum Gasteiger partial charge on any atom is 0.238 e. The summed E-state index contributed by atoms with van der Waals surface area (Å²) >= 11 is 1.69. The normalized spacial score (nSPS) is 23.4. The minimum Gasteiger partial charge on any atom is -0.320 e. The zero-order valence-corrected chi connectivity index (χ0v) is 12.4. The number of hydrogen-bond donors (Lipinski definition) is 1. The SMILES string of the molecule is Cc1ccc(C2NCC(=O)N2CC(C)S(C)=O)s1. The quantitative estimate of drug-likeness (QED) is 0.906. The topological polar surface area (TPSA) is 49.4 Å². The van der Waals surface area contributed by atoms with Crippen molar-refractivity contribution in [2.75, 3.05) is 19.3 Å². The van der Waals surface area contributed by atoms with Crippen LogP contribution in [0.1, 0.15) is 22.8 Å². The number of nitrogens with one attached hydrogen (secondary N) is 1. The van der Waals surface area contributed by atoms with E-state index in [1.165, 1.54) is 4.88 Å². The summed E-state index contributed by atoms with van der Waals surface area (Å²) in [7, 11) is -0.906. The van der Waals surface area contributed by atoms with Crippen molar-refractivity contribution < 1.29 is 9.00 Å². The third-order valence-corrected chi connectivity index (χ3v) is 5.47. The number of thiophene rings is 1. The second-order valence-electron chi connectivity index (χ2n) is 4.59. The number of hydrogen-bond acceptors (Lipinski definition) is 4. The van der Waals surface area contributed by atoms with Crippen molar-refractivity contribution >= 4 is 28.0 Å². The first-order chi connectivity index (χ1) is 8.49. The summed E-state index contributed by atoms with van der Waals surface area (Å²) in [5.41, 5.74) is 0. The van der Waals surface area contributed by atoms with Crippen molar-refractivity contribution in [2.45, 2.75) is 25.3 Å². The Kier molecular flexibility index (Phi) is 4.19. The van der Waals surface area contributed by atoms with Crippen LogP contribution in [0.5, 0.6) is 0 Å². The highest BCUT2D eigenvalue weighted by molar-refractivity contribution is 7.84. The molecule has 0 saturated carbocycles. The average Bonchev–Trinajstić information content (AvgIpc) is 2.87. The molecule has 1 aliphatic rings. The van der Waals surface area contributed by atoms with Crippen LogP contribution in [0.4, 0.5) is 0 Å². The molecule has 3 unspecified atom stereocenters. The average molecular weight is 286 g/mol. The van der Waals surface area contributed by atoms with Crippen molar-refractivity contribution in [1.82, 2.24) is 10.2 Å². The van der Waals surface area contributed by atoms with Gasteiger partial charge >= 0.3 is 0 Å². The molecule has 1 fully saturated rings. The number of aryl methyl sites for hydroxylation is 1. The lowest BCUT2D eigenvalue weighted by molar-refractivity contribution is -0.127. The Bertz CT molecular complexity index is 472. The minimum atomic E-state index is -0.906. The Morgan fingerprint density at radius 1 is 1.61 bits per heavy atom. The molecule has 2 rings (SSSR count). The molecule has 0 aliphatic carbocycles. The summed E-state index contributed by atoms with van der Waals surface area (Å²) in [6.45, 7) is 4.87. The van der Waals surface area contributed by atoms with Crippen molar-refractivity contribution in [2.24, 2.45) is 0 Å². The Hall–Kier alpha value is -0.720. The second kappa shape index (κ2) is 5.50. The van der Waals surface area contributed by atoms with Gasteiger partial charge in [-0.3, -0.25) is 14.3 Å². The molecular weight excluding hydrogens is 268 g/mol. The summed E-state index contributed by atoms with van der Waals surface area (Å²) in [6, 6.07) is 4.11. The van der Waals surface area contributed by atoms with E-state index in [9.17, 15) is 9.00 Å². The van der Waals surface area contributed by atoms with E-state index in [4.69, 9.17) is 0 Å². The van der Waals surface area contributed by atoms with E-state index in [0.29, 0.717) is 13.1 Å². The first kappa shape index (κ1) is 13.7. The summed E-state index contributed by atoms with van der Waals surface area (Å²) in [5, 5.41) is 3.22. The molecule has 0 bridgehead atoms. The molecule has 1 aromatic heterocycles. The highest BCUT2D eigenvalue weighted by atomic mass is 32.2. The first-order valence-electron chi connectivity index (χ1n) is 5.90. The van der Waals surface area contributed by atoms with E-state index in [1.807, 2.05) is 6.92 Å². The Balaban J connectivity index is 2.15. The molecule has 3 atom stereocenters. The van der Waals surface area contributed by atoms with Gasteiger partial charge in [0.25, 0.3) is 0 Å². The molecule has 0 aromatic carbocycles. The molecule has 1 aromatic rings. The number of amides is 1. The zero-order chi connectivity index (χ0) is 13.3. The van der Waals surface area contributed by atoms with Gasteiger partial charge < -0.3 is 4.90 Å². The number of rotatable bonds is 4. The van der Waals surface area contributed by atoms with Crippen molar-refractivity contribution in [3.63, 3.8) is 0 Å². The van der Waals surface area contributed by atoms with Gasteiger partial charge in [0, 0.05) is 38.6 Å². The second-order valence-corrected chi connectivity index (χ2v) is 7.71. The van der Waals surface area contributed by atoms with E-state index < -0.39 is 10.8 Å². The maximum absolute atomic E-state index is 11.9. The van der Waals surface area contributed by atoms with Crippen molar-refractivity contribution in [3.8, 4) is 0 Å².